The predicted molar refractivity (Wildman–Crippen MR) is 82.7 cm³/mol. The molecule has 0 aliphatic carbocycles. The number of primary amides is 1. The first-order chi connectivity index (χ1) is 11.0. The second-order valence-corrected chi connectivity index (χ2v) is 4.88. The molecule has 8 nitrogen and oxygen atoms in total. The van der Waals surface area contributed by atoms with Crippen LogP contribution in [-0.2, 0) is 22.7 Å². The number of benzene rings is 1. The van der Waals surface area contributed by atoms with E-state index in [0.717, 1.165) is 10.1 Å². The van der Waals surface area contributed by atoms with Gasteiger partial charge in [0.2, 0.25) is 11.8 Å². The monoisotopic (exact) mass is 316 g/mol. The lowest BCUT2D eigenvalue weighted by Crippen LogP contribution is -2.44. The van der Waals surface area contributed by atoms with Gasteiger partial charge < -0.3 is 11.1 Å². The molecule has 0 radical (unpaired) electrons. The van der Waals surface area contributed by atoms with E-state index in [2.05, 4.69) is 5.32 Å². The molecule has 1 aromatic carbocycles. The quantitative estimate of drug-likeness (QED) is 0.686. The van der Waals surface area contributed by atoms with Crippen LogP contribution in [0.1, 0.15) is 5.56 Å². The van der Waals surface area contributed by atoms with Crippen LogP contribution in [-0.4, -0.2) is 27.5 Å². The first-order valence-corrected chi connectivity index (χ1v) is 6.86. The highest BCUT2D eigenvalue weighted by Crippen LogP contribution is 1.99. The zero-order chi connectivity index (χ0) is 16.8. The van der Waals surface area contributed by atoms with Crippen molar-refractivity contribution < 1.29 is 9.59 Å². The average molecular weight is 316 g/mol. The summed E-state index contributed by atoms with van der Waals surface area (Å²) in [5, 5.41) is 2.23. The molecule has 2 rings (SSSR count). The third-order valence-electron chi connectivity index (χ3n) is 3.10. The van der Waals surface area contributed by atoms with Gasteiger partial charge in [0.05, 0.1) is 13.1 Å². The summed E-state index contributed by atoms with van der Waals surface area (Å²) in [5.74, 6) is -1.35. The number of nitrogens with one attached hydrogen (secondary N) is 1. The number of hydrogen-bond donors (Lipinski definition) is 2. The number of carbonyl (C=O) groups excluding carboxylic acids is 2. The van der Waals surface area contributed by atoms with Crippen LogP contribution in [0.25, 0.3) is 0 Å². The highest BCUT2D eigenvalue weighted by Gasteiger charge is 2.10. The molecule has 23 heavy (non-hydrogen) atoms. The summed E-state index contributed by atoms with van der Waals surface area (Å²) < 4.78 is 2.14. The van der Waals surface area contributed by atoms with Crippen molar-refractivity contribution in [2.24, 2.45) is 5.73 Å². The van der Waals surface area contributed by atoms with Gasteiger partial charge in [-0.15, -0.1) is 0 Å². The number of carbonyl (C=O) groups is 2. The maximum atomic E-state index is 12.3. The van der Waals surface area contributed by atoms with E-state index in [4.69, 9.17) is 5.73 Å². The Labute approximate surface area is 131 Å². The van der Waals surface area contributed by atoms with Crippen LogP contribution >= 0.6 is 0 Å². The van der Waals surface area contributed by atoms with Gasteiger partial charge in [0.1, 0.15) is 6.54 Å². The van der Waals surface area contributed by atoms with Crippen LogP contribution in [0.4, 0.5) is 0 Å². The minimum atomic E-state index is -0.708. The van der Waals surface area contributed by atoms with Crippen molar-refractivity contribution in [3.8, 4) is 0 Å². The van der Waals surface area contributed by atoms with Gasteiger partial charge in [-0.2, -0.15) is 0 Å². The van der Waals surface area contributed by atoms with Crippen LogP contribution in [0.5, 0.6) is 0 Å². The van der Waals surface area contributed by atoms with Crippen molar-refractivity contribution in [3.63, 3.8) is 0 Å². The lowest BCUT2D eigenvalue weighted by Gasteiger charge is -2.10. The number of aromatic nitrogens is 2. The Morgan fingerprint density at radius 3 is 2.43 bits per heavy atom. The molecule has 3 N–H and O–H groups in total. The van der Waals surface area contributed by atoms with E-state index in [0.29, 0.717) is 0 Å². The summed E-state index contributed by atoms with van der Waals surface area (Å²) in [7, 11) is 0. The molecule has 1 heterocycles. The molecule has 0 saturated heterocycles. The molecule has 0 unspecified atom stereocenters. The Bertz CT molecular complexity index is 823. The molecular weight excluding hydrogens is 300 g/mol. The molecule has 2 amide bonds. The number of hydrogen-bond acceptors (Lipinski definition) is 4. The van der Waals surface area contributed by atoms with Crippen LogP contribution < -0.4 is 22.3 Å². The zero-order valence-corrected chi connectivity index (χ0v) is 12.3. The van der Waals surface area contributed by atoms with Gasteiger partial charge in [0, 0.05) is 12.3 Å². The van der Waals surface area contributed by atoms with E-state index in [1.807, 2.05) is 30.3 Å². The van der Waals surface area contributed by atoms with E-state index < -0.39 is 29.6 Å². The molecule has 8 heteroatoms. The summed E-state index contributed by atoms with van der Waals surface area (Å²) in [6.45, 7) is -0.540. The summed E-state index contributed by atoms with van der Waals surface area (Å²) in [6, 6.07) is 10.5. The van der Waals surface area contributed by atoms with Gasteiger partial charge >= 0.3 is 5.69 Å². The standard InChI is InChI=1S/C15H16N4O4/c16-12(20)8-17-13(21)10-19-14(22)6-7-18(15(19)23)9-11-4-2-1-3-5-11/h1-7H,8-10H2,(H2,16,20)(H,17,21). The fourth-order valence-electron chi connectivity index (χ4n) is 1.99. The summed E-state index contributed by atoms with van der Waals surface area (Å²) in [4.78, 5) is 46.4. The third-order valence-corrected chi connectivity index (χ3v) is 3.10. The smallest absolute Gasteiger partial charge is 0.331 e. The van der Waals surface area contributed by atoms with Crippen LogP contribution in [0.3, 0.4) is 0 Å². The molecule has 0 bridgehead atoms. The van der Waals surface area contributed by atoms with Crippen molar-refractivity contribution in [1.82, 2.24) is 14.5 Å². The molecule has 0 atom stereocenters. The Kier molecular flexibility index (Phi) is 5.08. The van der Waals surface area contributed by atoms with Crippen molar-refractivity contribution in [2.45, 2.75) is 13.1 Å². The molecular formula is C15H16N4O4. The number of amides is 2. The van der Waals surface area contributed by atoms with Crippen LogP contribution in [0.2, 0.25) is 0 Å². The average Bonchev–Trinajstić information content (AvgIpc) is 2.53. The Morgan fingerprint density at radius 2 is 1.78 bits per heavy atom. The van der Waals surface area contributed by atoms with E-state index in [1.54, 1.807) is 0 Å². The third kappa shape index (κ3) is 4.40. The molecule has 0 saturated carbocycles. The second kappa shape index (κ2) is 7.21. The first-order valence-electron chi connectivity index (χ1n) is 6.86. The molecule has 0 fully saturated rings. The van der Waals surface area contributed by atoms with Gasteiger partial charge in [-0.25, -0.2) is 4.79 Å². The molecule has 120 valence electrons. The van der Waals surface area contributed by atoms with E-state index in [1.165, 1.54) is 16.8 Å². The van der Waals surface area contributed by atoms with Crippen LogP contribution in [0.15, 0.2) is 52.2 Å². The molecule has 2 aromatic rings. The van der Waals surface area contributed by atoms with Crippen molar-refractivity contribution in [1.29, 1.82) is 0 Å². The lowest BCUT2D eigenvalue weighted by atomic mass is 10.2. The summed E-state index contributed by atoms with van der Waals surface area (Å²) in [5.41, 5.74) is 4.61. The fourth-order valence-corrected chi connectivity index (χ4v) is 1.99. The van der Waals surface area contributed by atoms with Crippen molar-refractivity contribution >= 4 is 11.8 Å². The molecule has 1 aromatic heterocycles. The highest BCUT2D eigenvalue weighted by atomic mass is 16.2. The maximum absolute atomic E-state index is 12.3. The van der Waals surface area contributed by atoms with E-state index >= 15 is 0 Å². The largest absolute Gasteiger partial charge is 0.368 e. The number of nitrogens with two attached hydrogens (primary N) is 1. The van der Waals surface area contributed by atoms with Gasteiger partial charge in [-0.3, -0.25) is 23.5 Å². The van der Waals surface area contributed by atoms with Crippen molar-refractivity contribution in [2.75, 3.05) is 6.54 Å². The summed E-state index contributed by atoms with van der Waals surface area (Å²) >= 11 is 0. The number of rotatable bonds is 6. The maximum Gasteiger partial charge on any atom is 0.331 e. The summed E-state index contributed by atoms with van der Waals surface area (Å²) in [6.07, 6.45) is 1.38. The minimum Gasteiger partial charge on any atom is -0.368 e. The normalized spacial score (nSPS) is 10.3. The SMILES string of the molecule is NC(=O)CNC(=O)Cn1c(=O)ccn(Cc2ccccc2)c1=O. The Balaban J connectivity index is 2.22. The minimum absolute atomic E-state index is 0.281. The fraction of sp³-hybridized carbons (Fsp3) is 0.200. The Morgan fingerprint density at radius 1 is 1.09 bits per heavy atom. The topological polar surface area (TPSA) is 116 Å². The van der Waals surface area contributed by atoms with Gasteiger partial charge in [-0.1, -0.05) is 30.3 Å². The molecule has 0 spiro atoms. The van der Waals surface area contributed by atoms with Gasteiger partial charge in [0.15, 0.2) is 0 Å². The first kappa shape index (κ1) is 16.2. The predicted octanol–water partition coefficient (Wildman–Crippen LogP) is -1.34. The molecule has 0 aliphatic rings. The lowest BCUT2D eigenvalue weighted by molar-refractivity contribution is -0.125. The van der Waals surface area contributed by atoms with E-state index in [-0.39, 0.29) is 13.1 Å². The van der Waals surface area contributed by atoms with Crippen molar-refractivity contribution in [3.05, 3.63) is 69.0 Å². The van der Waals surface area contributed by atoms with Gasteiger partial charge in [0.25, 0.3) is 5.56 Å². The van der Waals surface area contributed by atoms with Crippen LogP contribution in [0, 0.1) is 0 Å². The number of nitrogens with zero attached hydrogens (tertiary/aromatic N) is 2. The Hall–Kier alpha value is -3.16. The molecule has 0 aliphatic heterocycles. The zero-order valence-electron chi connectivity index (χ0n) is 12.3. The van der Waals surface area contributed by atoms with E-state index in [9.17, 15) is 19.2 Å². The second-order valence-electron chi connectivity index (χ2n) is 4.88. The highest BCUT2D eigenvalue weighted by molar-refractivity contribution is 5.83. The van der Waals surface area contributed by atoms with Gasteiger partial charge in [-0.05, 0) is 5.56 Å².